The Labute approximate surface area is 111 Å². The molecule has 0 radical (unpaired) electrons. The smallest absolute Gasteiger partial charge is 0.177 e. The molecule has 0 fully saturated rings. The normalized spacial score (nSPS) is 10.6. The molecule has 1 aromatic heterocycles. The van der Waals surface area contributed by atoms with Gasteiger partial charge in [0.15, 0.2) is 11.6 Å². The summed E-state index contributed by atoms with van der Waals surface area (Å²) in [4.78, 5) is 0. The number of anilines is 1. The number of benzene rings is 2. The molecular weight excluding hydrogens is 236 g/mol. The second kappa shape index (κ2) is 4.61. The van der Waals surface area contributed by atoms with Crippen molar-refractivity contribution in [2.24, 2.45) is 0 Å². The minimum absolute atomic E-state index is 0.421. The Hall–Kier alpha value is -2.55. The van der Waals surface area contributed by atoms with Crippen LogP contribution >= 0.6 is 0 Å². The van der Waals surface area contributed by atoms with Gasteiger partial charge in [-0.15, -0.1) is 0 Å². The lowest BCUT2D eigenvalue weighted by Gasteiger charge is -2.05. The zero-order chi connectivity index (χ0) is 13.2. The highest BCUT2D eigenvalue weighted by Crippen LogP contribution is 2.37. The van der Waals surface area contributed by atoms with E-state index in [4.69, 9.17) is 10.3 Å². The van der Waals surface area contributed by atoms with Crippen LogP contribution in [0.4, 0.5) is 5.82 Å². The van der Waals surface area contributed by atoms with Crippen LogP contribution in [0.3, 0.4) is 0 Å². The summed E-state index contributed by atoms with van der Waals surface area (Å²) in [6.07, 6.45) is 0. The highest BCUT2D eigenvalue weighted by molar-refractivity contribution is 5.87. The Kier molecular flexibility index (Phi) is 2.80. The van der Waals surface area contributed by atoms with E-state index in [1.165, 1.54) is 0 Å². The predicted molar refractivity (Wildman–Crippen MR) is 76.5 cm³/mol. The molecule has 0 saturated heterocycles. The molecule has 0 atom stereocenters. The zero-order valence-corrected chi connectivity index (χ0v) is 10.6. The van der Waals surface area contributed by atoms with Gasteiger partial charge in [0.05, 0.1) is 5.56 Å². The van der Waals surface area contributed by atoms with Gasteiger partial charge in [-0.25, -0.2) is 0 Å². The van der Waals surface area contributed by atoms with Crippen LogP contribution in [-0.2, 0) is 0 Å². The topological polar surface area (TPSA) is 52.0 Å². The molecule has 94 valence electrons. The first-order chi connectivity index (χ1) is 9.27. The maximum atomic E-state index is 5.96. The lowest BCUT2D eigenvalue weighted by atomic mass is 9.99. The van der Waals surface area contributed by atoms with Crippen molar-refractivity contribution in [2.75, 3.05) is 5.73 Å². The fraction of sp³-hybridized carbons (Fsp3) is 0.0625. The molecule has 2 N–H and O–H groups in total. The Morgan fingerprint density at radius 3 is 2.37 bits per heavy atom. The minimum atomic E-state index is 0.421. The Bertz CT molecular complexity index is 702. The molecule has 0 saturated carbocycles. The average molecular weight is 250 g/mol. The molecule has 3 aromatic rings. The molecule has 2 aromatic carbocycles. The van der Waals surface area contributed by atoms with Gasteiger partial charge in [-0.3, -0.25) is 0 Å². The summed E-state index contributed by atoms with van der Waals surface area (Å²) in [5.74, 6) is 1.14. The van der Waals surface area contributed by atoms with E-state index in [9.17, 15) is 0 Å². The second-order valence-corrected chi connectivity index (χ2v) is 4.45. The van der Waals surface area contributed by atoms with Crippen molar-refractivity contribution in [2.45, 2.75) is 6.92 Å². The fourth-order valence-electron chi connectivity index (χ4n) is 2.20. The van der Waals surface area contributed by atoms with Gasteiger partial charge in [-0.05, 0) is 18.1 Å². The molecule has 3 rings (SSSR count). The Balaban J connectivity index is 2.23. The maximum absolute atomic E-state index is 5.96. The molecule has 0 bridgehead atoms. The van der Waals surface area contributed by atoms with E-state index in [1.807, 2.05) is 61.5 Å². The first kappa shape index (κ1) is 11.5. The molecule has 0 aliphatic carbocycles. The van der Waals surface area contributed by atoms with Gasteiger partial charge in [0.2, 0.25) is 0 Å². The summed E-state index contributed by atoms with van der Waals surface area (Å²) in [5.41, 5.74) is 9.98. The van der Waals surface area contributed by atoms with Crippen LogP contribution in [0.1, 0.15) is 5.56 Å². The lowest BCUT2D eigenvalue weighted by molar-refractivity contribution is 0.436. The van der Waals surface area contributed by atoms with Gasteiger partial charge in [0.25, 0.3) is 0 Å². The van der Waals surface area contributed by atoms with Crippen LogP contribution in [0, 0.1) is 6.92 Å². The van der Waals surface area contributed by atoms with Crippen LogP contribution in [-0.4, -0.2) is 5.16 Å². The molecule has 0 spiro atoms. The largest absolute Gasteiger partial charge is 0.380 e. The van der Waals surface area contributed by atoms with Gasteiger partial charge in [-0.2, -0.15) is 0 Å². The van der Waals surface area contributed by atoms with Crippen molar-refractivity contribution < 1.29 is 4.52 Å². The quantitative estimate of drug-likeness (QED) is 0.750. The highest BCUT2D eigenvalue weighted by atomic mass is 16.5. The third kappa shape index (κ3) is 1.99. The van der Waals surface area contributed by atoms with Crippen LogP contribution in [0.5, 0.6) is 0 Å². The van der Waals surface area contributed by atoms with E-state index in [0.29, 0.717) is 5.82 Å². The van der Waals surface area contributed by atoms with Crippen LogP contribution in [0.25, 0.3) is 22.5 Å². The van der Waals surface area contributed by atoms with Gasteiger partial charge < -0.3 is 10.3 Å². The standard InChI is InChI=1S/C16H14N2O/c1-11-7-5-6-10-13(11)15-14(16(17)18-19-15)12-8-3-2-4-9-12/h2-10H,1H3,(H2,17,18). The fourth-order valence-corrected chi connectivity index (χ4v) is 2.20. The molecule has 1 heterocycles. The molecule has 0 aliphatic rings. The third-order valence-electron chi connectivity index (χ3n) is 3.17. The summed E-state index contributed by atoms with van der Waals surface area (Å²) >= 11 is 0. The van der Waals surface area contributed by atoms with Gasteiger partial charge in [-0.1, -0.05) is 59.8 Å². The van der Waals surface area contributed by atoms with Crippen molar-refractivity contribution in [3.8, 4) is 22.5 Å². The minimum Gasteiger partial charge on any atom is -0.380 e. The van der Waals surface area contributed by atoms with Crippen molar-refractivity contribution in [3.05, 3.63) is 60.2 Å². The number of nitrogens with two attached hydrogens (primary N) is 1. The summed E-state index contributed by atoms with van der Waals surface area (Å²) in [6, 6.07) is 18.0. The second-order valence-electron chi connectivity index (χ2n) is 4.45. The molecule has 19 heavy (non-hydrogen) atoms. The van der Waals surface area contributed by atoms with Crippen molar-refractivity contribution in [1.82, 2.24) is 5.16 Å². The van der Waals surface area contributed by atoms with Gasteiger partial charge in [0, 0.05) is 5.56 Å². The predicted octanol–water partition coefficient (Wildman–Crippen LogP) is 3.90. The first-order valence-corrected chi connectivity index (χ1v) is 6.14. The number of rotatable bonds is 2. The number of hydrogen-bond acceptors (Lipinski definition) is 3. The molecule has 0 aliphatic heterocycles. The van der Waals surface area contributed by atoms with Gasteiger partial charge >= 0.3 is 0 Å². The lowest BCUT2D eigenvalue weighted by Crippen LogP contribution is -1.89. The van der Waals surface area contributed by atoms with Crippen LogP contribution < -0.4 is 5.73 Å². The SMILES string of the molecule is Cc1ccccc1-c1onc(N)c1-c1ccccc1. The Morgan fingerprint density at radius 2 is 1.63 bits per heavy atom. The number of aromatic nitrogens is 1. The summed E-state index contributed by atoms with van der Waals surface area (Å²) in [5, 5.41) is 3.91. The van der Waals surface area contributed by atoms with E-state index in [-0.39, 0.29) is 0 Å². The van der Waals surface area contributed by atoms with Crippen LogP contribution in [0.2, 0.25) is 0 Å². The molecule has 0 unspecified atom stereocenters. The first-order valence-electron chi connectivity index (χ1n) is 6.14. The van der Waals surface area contributed by atoms with E-state index < -0.39 is 0 Å². The van der Waals surface area contributed by atoms with E-state index in [0.717, 1.165) is 28.0 Å². The molecule has 3 heteroatoms. The maximum Gasteiger partial charge on any atom is 0.177 e. The summed E-state index contributed by atoms with van der Waals surface area (Å²) in [6.45, 7) is 2.04. The van der Waals surface area contributed by atoms with Crippen molar-refractivity contribution >= 4 is 5.82 Å². The molecular formula is C16H14N2O. The van der Waals surface area contributed by atoms with E-state index in [1.54, 1.807) is 0 Å². The van der Waals surface area contributed by atoms with Gasteiger partial charge in [0.1, 0.15) is 0 Å². The third-order valence-corrected chi connectivity index (χ3v) is 3.17. The van der Waals surface area contributed by atoms with Crippen LogP contribution in [0.15, 0.2) is 59.1 Å². The number of hydrogen-bond donors (Lipinski definition) is 1. The summed E-state index contributed by atoms with van der Waals surface area (Å²) < 4.78 is 5.44. The van der Waals surface area contributed by atoms with Crippen molar-refractivity contribution in [1.29, 1.82) is 0 Å². The van der Waals surface area contributed by atoms with E-state index in [2.05, 4.69) is 5.16 Å². The van der Waals surface area contributed by atoms with Crippen molar-refractivity contribution in [3.63, 3.8) is 0 Å². The molecule has 3 nitrogen and oxygen atoms in total. The number of aryl methyl sites for hydroxylation is 1. The van der Waals surface area contributed by atoms with E-state index >= 15 is 0 Å². The number of nitrogens with zero attached hydrogens (tertiary/aromatic N) is 1. The zero-order valence-electron chi connectivity index (χ0n) is 10.6. The summed E-state index contributed by atoms with van der Waals surface area (Å²) in [7, 11) is 0. The Morgan fingerprint density at radius 1 is 0.947 bits per heavy atom. The number of nitrogen functional groups attached to an aromatic ring is 1. The average Bonchev–Trinajstić information content (AvgIpc) is 2.82. The highest BCUT2D eigenvalue weighted by Gasteiger charge is 2.18. The monoisotopic (exact) mass is 250 g/mol. The molecule has 0 amide bonds.